The Morgan fingerprint density at radius 3 is 2.34 bits per heavy atom. The predicted octanol–water partition coefficient (Wildman–Crippen LogP) is 4.48. The van der Waals surface area contributed by atoms with Crippen molar-refractivity contribution in [2.45, 2.75) is 63.4 Å². The Labute approximate surface area is 242 Å². The number of nitrogens with one attached hydrogen (secondary N) is 1. The molecule has 9 heteroatoms. The highest BCUT2D eigenvalue weighted by Gasteiger charge is 2.40. The van der Waals surface area contributed by atoms with Crippen molar-refractivity contribution in [2.24, 2.45) is 0 Å². The SMILES string of the molecule is CCCCNC(=O)[C@H](Cc1ccccc1)N(Cc1cccc(C)c1)C(=O)CCCN1C(=O)c2ccccc2S1(=O)=O. The summed E-state index contributed by atoms with van der Waals surface area (Å²) in [5.41, 5.74) is 3.01. The standard InChI is InChI=1S/C32H37N3O5S/c1-3-4-19-33-31(37)28(22-25-13-6-5-7-14-25)34(23-26-15-10-12-24(2)21-26)30(36)18-11-20-35-32(38)27-16-8-9-17-29(27)41(35,39)40/h5-10,12-17,21,28H,3-4,11,18-20,22-23H2,1-2H3,(H,33,37)/t28-/m0/s1. The molecular weight excluding hydrogens is 538 g/mol. The maximum atomic E-state index is 13.8. The van der Waals surface area contributed by atoms with Crippen LogP contribution in [0, 0.1) is 6.92 Å². The largest absolute Gasteiger partial charge is 0.354 e. The van der Waals surface area contributed by atoms with Crippen LogP contribution < -0.4 is 5.32 Å². The van der Waals surface area contributed by atoms with Crippen LogP contribution in [0.5, 0.6) is 0 Å². The van der Waals surface area contributed by atoms with Gasteiger partial charge in [0.05, 0.1) is 5.56 Å². The van der Waals surface area contributed by atoms with Crippen LogP contribution in [0.15, 0.2) is 83.8 Å². The van der Waals surface area contributed by atoms with E-state index >= 15 is 0 Å². The third-order valence-corrected chi connectivity index (χ3v) is 9.04. The molecule has 0 fully saturated rings. The van der Waals surface area contributed by atoms with E-state index in [2.05, 4.69) is 5.32 Å². The number of sulfonamides is 1. The molecule has 3 amide bonds. The molecule has 0 aromatic heterocycles. The van der Waals surface area contributed by atoms with E-state index in [0.29, 0.717) is 13.0 Å². The van der Waals surface area contributed by atoms with Gasteiger partial charge >= 0.3 is 0 Å². The second kappa shape index (κ2) is 13.6. The number of carbonyl (C=O) groups is 3. The van der Waals surface area contributed by atoms with Crippen molar-refractivity contribution in [3.63, 3.8) is 0 Å². The lowest BCUT2D eigenvalue weighted by Gasteiger charge is -2.32. The lowest BCUT2D eigenvalue weighted by Crippen LogP contribution is -2.50. The summed E-state index contributed by atoms with van der Waals surface area (Å²) in [4.78, 5) is 41.8. The van der Waals surface area contributed by atoms with E-state index in [1.54, 1.807) is 17.0 Å². The van der Waals surface area contributed by atoms with Gasteiger partial charge in [0.25, 0.3) is 15.9 Å². The average molecular weight is 576 g/mol. The fourth-order valence-electron chi connectivity index (χ4n) is 5.04. The van der Waals surface area contributed by atoms with Crippen molar-refractivity contribution < 1.29 is 22.8 Å². The molecule has 4 rings (SSSR count). The normalized spacial score (nSPS) is 14.4. The molecule has 8 nitrogen and oxygen atoms in total. The second-order valence-electron chi connectivity index (χ2n) is 10.3. The van der Waals surface area contributed by atoms with Crippen molar-refractivity contribution in [1.82, 2.24) is 14.5 Å². The van der Waals surface area contributed by atoms with Crippen LogP contribution >= 0.6 is 0 Å². The molecule has 3 aromatic rings. The summed E-state index contributed by atoms with van der Waals surface area (Å²) in [6.07, 6.45) is 2.21. The van der Waals surface area contributed by atoms with E-state index in [-0.39, 0.29) is 48.2 Å². The van der Waals surface area contributed by atoms with Crippen molar-refractivity contribution in [1.29, 1.82) is 0 Å². The molecule has 1 aliphatic heterocycles. The third kappa shape index (κ3) is 7.21. The van der Waals surface area contributed by atoms with Gasteiger partial charge in [0.2, 0.25) is 11.8 Å². The van der Waals surface area contributed by atoms with Gasteiger partial charge in [-0.25, -0.2) is 12.7 Å². The number of rotatable bonds is 13. The van der Waals surface area contributed by atoms with Gasteiger partial charge in [-0.2, -0.15) is 0 Å². The van der Waals surface area contributed by atoms with E-state index in [4.69, 9.17) is 0 Å². The Morgan fingerprint density at radius 1 is 0.927 bits per heavy atom. The monoisotopic (exact) mass is 575 g/mol. The highest BCUT2D eigenvalue weighted by molar-refractivity contribution is 7.90. The molecule has 1 atom stereocenters. The summed E-state index contributed by atoms with van der Waals surface area (Å²) in [7, 11) is -3.96. The second-order valence-corrected chi connectivity index (χ2v) is 12.2. The first-order chi connectivity index (χ1) is 19.7. The molecule has 0 unspecified atom stereocenters. The maximum absolute atomic E-state index is 13.8. The smallest absolute Gasteiger partial charge is 0.269 e. The number of aryl methyl sites for hydroxylation is 1. The summed E-state index contributed by atoms with van der Waals surface area (Å²) in [5, 5.41) is 3.00. The third-order valence-electron chi connectivity index (χ3n) is 7.20. The molecule has 3 aromatic carbocycles. The fraction of sp³-hybridized carbons (Fsp3) is 0.344. The van der Waals surface area contributed by atoms with Crippen molar-refractivity contribution in [2.75, 3.05) is 13.1 Å². The topological polar surface area (TPSA) is 104 Å². The molecule has 1 aliphatic rings. The van der Waals surface area contributed by atoms with Crippen LogP contribution in [0.4, 0.5) is 0 Å². The summed E-state index contributed by atoms with van der Waals surface area (Å²) in [6.45, 7) is 4.64. The van der Waals surface area contributed by atoms with Gasteiger partial charge in [0, 0.05) is 32.5 Å². The summed E-state index contributed by atoms with van der Waals surface area (Å²) in [5.74, 6) is -1.09. The minimum atomic E-state index is -3.96. The van der Waals surface area contributed by atoms with E-state index in [9.17, 15) is 22.8 Å². The minimum Gasteiger partial charge on any atom is -0.354 e. The van der Waals surface area contributed by atoms with Gasteiger partial charge in [0.15, 0.2) is 0 Å². The highest BCUT2D eigenvalue weighted by atomic mass is 32.2. The molecule has 0 saturated carbocycles. The number of hydrogen-bond acceptors (Lipinski definition) is 5. The van der Waals surface area contributed by atoms with Crippen molar-refractivity contribution >= 4 is 27.7 Å². The van der Waals surface area contributed by atoms with Crippen LogP contribution in [0.2, 0.25) is 0 Å². The lowest BCUT2D eigenvalue weighted by atomic mass is 10.0. The maximum Gasteiger partial charge on any atom is 0.269 e. The number of nitrogens with zero attached hydrogens (tertiary/aromatic N) is 2. The van der Waals surface area contributed by atoms with E-state index in [1.807, 2.05) is 68.4 Å². The van der Waals surface area contributed by atoms with Crippen molar-refractivity contribution in [3.8, 4) is 0 Å². The van der Waals surface area contributed by atoms with Gasteiger partial charge in [-0.05, 0) is 43.0 Å². The lowest BCUT2D eigenvalue weighted by molar-refractivity contribution is -0.141. The van der Waals surface area contributed by atoms with Gasteiger partial charge in [-0.15, -0.1) is 0 Å². The first-order valence-electron chi connectivity index (χ1n) is 14.0. The van der Waals surface area contributed by atoms with Crippen LogP contribution in [0.25, 0.3) is 0 Å². The summed E-state index contributed by atoms with van der Waals surface area (Å²) in [6, 6.07) is 22.7. The first-order valence-corrected chi connectivity index (χ1v) is 15.5. The quantitative estimate of drug-likeness (QED) is 0.303. The zero-order valence-electron chi connectivity index (χ0n) is 23.6. The summed E-state index contributed by atoms with van der Waals surface area (Å²) >= 11 is 0. The molecule has 0 bridgehead atoms. The number of hydrogen-bond donors (Lipinski definition) is 1. The summed E-state index contributed by atoms with van der Waals surface area (Å²) < 4.78 is 26.8. The number of unbranched alkanes of at least 4 members (excludes halogenated alkanes) is 1. The molecule has 0 aliphatic carbocycles. The number of benzene rings is 3. The molecular formula is C32H37N3O5S. The minimum absolute atomic E-state index is 0.0101. The highest BCUT2D eigenvalue weighted by Crippen LogP contribution is 2.30. The van der Waals surface area contributed by atoms with Gasteiger partial charge in [-0.3, -0.25) is 14.4 Å². The zero-order valence-corrected chi connectivity index (χ0v) is 24.4. The first kappa shape index (κ1) is 30.0. The van der Waals surface area contributed by atoms with E-state index in [1.165, 1.54) is 12.1 Å². The Balaban J connectivity index is 1.56. The molecule has 0 saturated heterocycles. The molecule has 1 N–H and O–H groups in total. The Morgan fingerprint density at radius 2 is 1.63 bits per heavy atom. The Hall–Kier alpha value is -3.98. The van der Waals surface area contributed by atoms with Gasteiger partial charge < -0.3 is 10.2 Å². The fourth-order valence-corrected chi connectivity index (χ4v) is 6.64. The number of fused-ring (bicyclic) bond motifs is 1. The van der Waals surface area contributed by atoms with Crippen LogP contribution in [0.3, 0.4) is 0 Å². The molecule has 216 valence electrons. The van der Waals surface area contributed by atoms with Crippen LogP contribution in [0.1, 0.15) is 59.7 Å². The number of amides is 3. The van der Waals surface area contributed by atoms with Gasteiger partial charge in [0.1, 0.15) is 10.9 Å². The molecule has 0 radical (unpaired) electrons. The van der Waals surface area contributed by atoms with Crippen LogP contribution in [-0.4, -0.2) is 54.5 Å². The van der Waals surface area contributed by atoms with Gasteiger partial charge in [-0.1, -0.05) is 85.6 Å². The van der Waals surface area contributed by atoms with Crippen molar-refractivity contribution in [3.05, 3.63) is 101 Å². The number of carbonyl (C=O) groups excluding carboxylic acids is 3. The average Bonchev–Trinajstić information content (AvgIpc) is 3.16. The van der Waals surface area contributed by atoms with E-state index in [0.717, 1.165) is 33.8 Å². The van der Waals surface area contributed by atoms with E-state index < -0.39 is 22.0 Å². The zero-order chi connectivity index (χ0) is 29.4. The van der Waals surface area contributed by atoms with Crippen LogP contribution in [-0.2, 0) is 32.6 Å². The Bertz CT molecular complexity index is 1490. The molecule has 0 spiro atoms. The Kier molecular flexibility index (Phi) is 9.94. The molecule has 41 heavy (non-hydrogen) atoms. The predicted molar refractivity (Wildman–Crippen MR) is 157 cm³/mol. The molecule has 1 heterocycles.